The van der Waals surface area contributed by atoms with Crippen molar-refractivity contribution in [2.75, 3.05) is 4.90 Å². The SMILES string of the molecule is O=C1CC(=O)N(c2ccccc2)C(=O)N1C1=CCCC=C1. The van der Waals surface area contributed by atoms with Gasteiger partial charge in [0, 0.05) is 5.70 Å². The lowest BCUT2D eigenvalue weighted by molar-refractivity contribution is -0.133. The zero-order valence-electron chi connectivity index (χ0n) is 11.4. The van der Waals surface area contributed by atoms with E-state index in [1.165, 1.54) is 0 Å². The molecule has 0 atom stereocenters. The standard InChI is InChI=1S/C16H14N2O3/c19-14-11-15(20)18(13-9-5-2-6-10-13)16(21)17(14)12-7-3-1-4-8-12/h1,3-5,7-10H,2,6,11H2. The quantitative estimate of drug-likeness (QED) is 0.783. The van der Waals surface area contributed by atoms with Crippen LogP contribution in [0.4, 0.5) is 10.5 Å². The van der Waals surface area contributed by atoms with Crippen LogP contribution in [0, 0.1) is 0 Å². The fourth-order valence-electron chi connectivity index (χ4n) is 2.45. The number of barbiturate groups is 1. The Balaban J connectivity index is 1.98. The van der Waals surface area contributed by atoms with Crippen LogP contribution in [0.25, 0.3) is 0 Å². The van der Waals surface area contributed by atoms with E-state index in [0.29, 0.717) is 11.4 Å². The number of nitrogens with zero attached hydrogens (tertiary/aromatic N) is 2. The van der Waals surface area contributed by atoms with Gasteiger partial charge >= 0.3 is 6.03 Å². The first-order valence-electron chi connectivity index (χ1n) is 6.80. The third kappa shape index (κ3) is 2.38. The van der Waals surface area contributed by atoms with Crippen molar-refractivity contribution in [3.63, 3.8) is 0 Å². The van der Waals surface area contributed by atoms with Gasteiger partial charge in [-0.25, -0.2) is 14.6 Å². The second-order valence-corrected chi connectivity index (χ2v) is 4.86. The van der Waals surface area contributed by atoms with Gasteiger partial charge in [-0.05, 0) is 31.1 Å². The van der Waals surface area contributed by atoms with Crippen molar-refractivity contribution in [2.45, 2.75) is 19.3 Å². The van der Waals surface area contributed by atoms with Crippen molar-refractivity contribution < 1.29 is 14.4 Å². The van der Waals surface area contributed by atoms with E-state index in [1.807, 2.05) is 12.2 Å². The summed E-state index contributed by atoms with van der Waals surface area (Å²) in [5.74, 6) is -0.970. The van der Waals surface area contributed by atoms with Crippen LogP contribution in [0.3, 0.4) is 0 Å². The highest BCUT2D eigenvalue weighted by Crippen LogP contribution is 2.25. The van der Waals surface area contributed by atoms with Crippen LogP contribution in [0.15, 0.2) is 54.3 Å². The summed E-state index contributed by atoms with van der Waals surface area (Å²) < 4.78 is 0. The zero-order chi connectivity index (χ0) is 14.8. The molecule has 1 aliphatic carbocycles. The molecule has 5 heteroatoms. The number of benzene rings is 1. The minimum atomic E-state index is -0.611. The van der Waals surface area contributed by atoms with E-state index < -0.39 is 17.8 Å². The first-order valence-corrected chi connectivity index (χ1v) is 6.80. The molecule has 1 heterocycles. The maximum Gasteiger partial charge on any atom is 0.342 e. The highest BCUT2D eigenvalue weighted by atomic mass is 16.2. The zero-order valence-corrected chi connectivity index (χ0v) is 11.4. The van der Waals surface area contributed by atoms with Crippen LogP contribution in [0.5, 0.6) is 0 Å². The molecule has 0 unspecified atom stereocenters. The molecule has 0 aromatic heterocycles. The second-order valence-electron chi connectivity index (χ2n) is 4.86. The molecule has 0 saturated carbocycles. The van der Waals surface area contributed by atoms with E-state index in [9.17, 15) is 14.4 Å². The molecule has 2 aliphatic rings. The average Bonchev–Trinajstić information content (AvgIpc) is 2.49. The lowest BCUT2D eigenvalue weighted by Gasteiger charge is -2.33. The van der Waals surface area contributed by atoms with Gasteiger partial charge in [0.15, 0.2) is 0 Å². The van der Waals surface area contributed by atoms with Crippen LogP contribution in [-0.4, -0.2) is 22.7 Å². The summed E-state index contributed by atoms with van der Waals surface area (Å²) in [6, 6.07) is 8.04. The van der Waals surface area contributed by atoms with E-state index in [0.717, 1.165) is 22.6 Å². The van der Waals surface area contributed by atoms with E-state index >= 15 is 0 Å². The molecule has 1 aromatic carbocycles. The van der Waals surface area contributed by atoms with Gasteiger partial charge in [0.05, 0.1) is 5.69 Å². The van der Waals surface area contributed by atoms with Gasteiger partial charge in [-0.2, -0.15) is 0 Å². The Labute approximate surface area is 122 Å². The van der Waals surface area contributed by atoms with Crippen LogP contribution in [-0.2, 0) is 9.59 Å². The Bertz CT molecular complexity index is 661. The van der Waals surface area contributed by atoms with Crippen molar-refractivity contribution in [2.24, 2.45) is 0 Å². The van der Waals surface area contributed by atoms with Gasteiger partial charge in [-0.3, -0.25) is 9.59 Å². The fourth-order valence-corrected chi connectivity index (χ4v) is 2.45. The predicted octanol–water partition coefficient (Wildman–Crippen LogP) is 2.61. The number of allylic oxidation sites excluding steroid dienone is 3. The number of urea groups is 1. The number of hydrogen-bond acceptors (Lipinski definition) is 3. The summed E-state index contributed by atoms with van der Waals surface area (Å²) in [7, 11) is 0. The predicted molar refractivity (Wildman–Crippen MR) is 77.2 cm³/mol. The fraction of sp³-hybridized carbons (Fsp3) is 0.188. The van der Waals surface area contributed by atoms with Crippen LogP contribution >= 0.6 is 0 Å². The molecule has 4 amide bonds. The Kier molecular flexibility index (Phi) is 3.39. The van der Waals surface area contributed by atoms with Crippen LogP contribution in [0.1, 0.15) is 19.3 Å². The molecular formula is C16H14N2O3. The molecule has 0 spiro atoms. The van der Waals surface area contributed by atoms with E-state index in [2.05, 4.69) is 0 Å². The summed E-state index contributed by atoms with van der Waals surface area (Å²) >= 11 is 0. The van der Waals surface area contributed by atoms with Crippen LogP contribution in [0.2, 0.25) is 0 Å². The molecule has 1 aliphatic heterocycles. The number of carbonyl (C=O) groups excluding carboxylic acids is 3. The smallest absolute Gasteiger partial charge is 0.273 e. The summed E-state index contributed by atoms with van der Waals surface area (Å²) in [5, 5.41) is 0. The van der Waals surface area contributed by atoms with Gasteiger partial charge in [0.1, 0.15) is 6.42 Å². The van der Waals surface area contributed by atoms with Gasteiger partial charge in [0.25, 0.3) is 0 Å². The number of rotatable bonds is 2. The van der Waals surface area contributed by atoms with Gasteiger partial charge in [0.2, 0.25) is 11.8 Å². The number of hydrogen-bond donors (Lipinski definition) is 0. The van der Waals surface area contributed by atoms with Gasteiger partial charge in [-0.1, -0.05) is 30.4 Å². The van der Waals surface area contributed by atoms with Crippen molar-refractivity contribution in [3.8, 4) is 0 Å². The van der Waals surface area contributed by atoms with Crippen molar-refractivity contribution in [3.05, 3.63) is 54.3 Å². The van der Waals surface area contributed by atoms with Crippen LogP contribution < -0.4 is 4.90 Å². The highest BCUT2D eigenvalue weighted by Gasteiger charge is 2.40. The van der Waals surface area contributed by atoms with E-state index in [4.69, 9.17) is 0 Å². The number of amides is 4. The third-order valence-electron chi connectivity index (χ3n) is 3.43. The van der Waals surface area contributed by atoms with Gasteiger partial charge in [-0.15, -0.1) is 0 Å². The number of para-hydroxylation sites is 1. The summed E-state index contributed by atoms with van der Waals surface area (Å²) in [6.07, 6.45) is 6.88. The third-order valence-corrected chi connectivity index (χ3v) is 3.43. The summed E-state index contributed by atoms with van der Waals surface area (Å²) in [6.45, 7) is 0. The second kappa shape index (κ2) is 5.36. The molecule has 1 aromatic rings. The largest absolute Gasteiger partial charge is 0.342 e. The molecule has 3 rings (SSSR count). The molecule has 106 valence electrons. The molecule has 1 saturated heterocycles. The van der Waals surface area contributed by atoms with Gasteiger partial charge < -0.3 is 0 Å². The molecule has 0 radical (unpaired) electrons. The molecule has 5 nitrogen and oxygen atoms in total. The van der Waals surface area contributed by atoms with Crippen molar-refractivity contribution in [1.29, 1.82) is 0 Å². The lowest BCUT2D eigenvalue weighted by atomic mass is 10.1. The van der Waals surface area contributed by atoms with Crippen molar-refractivity contribution >= 4 is 23.5 Å². The number of imide groups is 2. The molecule has 0 bridgehead atoms. The minimum absolute atomic E-state index is 0.300. The Morgan fingerprint density at radius 3 is 2.24 bits per heavy atom. The Morgan fingerprint density at radius 2 is 1.57 bits per heavy atom. The van der Waals surface area contributed by atoms with Crippen molar-refractivity contribution in [1.82, 2.24) is 4.90 Å². The first kappa shape index (κ1) is 13.3. The monoisotopic (exact) mass is 282 g/mol. The number of carbonyl (C=O) groups is 3. The van der Waals surface area contributed by atoms with E-state index in [-0.39, 0.29) is 6.42 Å². The molecule has 21 heavy (non-hydrogen) atoms. The summed E-state index contributed by atoms with van der Waals surface area (Å²) in [4.78, 5) is 38.9. The normalized spacial score (nSPS) is 19.0. The molecular weight excluding hydrogens is 268 g/mol. The minimum Gasteiger partial charge on any atom is -0.273 e. The Hall–Kier alpha value is -2.69. The first-order chi connectivity index (χ1) is 10.2. The van der Waals surface area contributed by atoms with E-state index in [1.54, 1.807) is 36.4 Å². The topological polar surface area (TPSA) is 57.7 Å². The Morgan fingerprint density at radius 1 is 0.857 bits per heavy atom. The highest BCUT2D eigenvalue weighted by molar-refractivity contribution is 6.26. The number of anilines is 1. The maximum atomic E-state index is 12.6. The average molecular weight is 282 g/mol. The maximum absolute atomic E-state index is 12.6. The lowest BCUT2D eigenvalue weighted by Crippen LogP contribution is -2.54. The molecule has 0 N–H and O–H groups in total. The summed E-state index contributed by atoms with van der Waals surface area (Å²) in [5.41, 5.74) is 1.02. The molecule has 1 fully saturated rings.